The molecule has 4 nitrogen and oxygen atoms in total. The van der Waals surface area contributed by atoms with Gasteiger partial charge in [-0.15, -0.1) is 0 Å². The van der Waals surface area contributed by atoms with Crippen molar-refractivity contribution >= 4 is 22.9 Å². The highest BCUT2D eigenvalue weighted by Crippen LogP contribution is 2.19. The molecule has 0 unspecified atom stereocenters. The molecule has 0 bridgehead atoms. The Bertz CT molecular complexity index is 429. The number of aryl methyl sites for hydroxylation is 2. The van der Waals surface area contributed by atoms with Gasteiger partial charge in [0.05, 0.1) is 5.56 Å². The number of anilines is 1. The van der Waals surface area contributed by atoms with Gasteiger partial charge in [-0.3, -0.25) is 4.98 Å². The predicted molar refractivity (Wildman–Crippen MR) is 81.3 cm³/mol. The quantitative estimate of drug-likeness (QED) is 0.606. The Morgan fingerprint density at radius 3 is 2.67 bits per heavy atom. The highest BCUT2D eigenvalue weighted by molar-refractivity contribution is 7.80. The summed E-state index contributed by atoms with van der Waals surface area (Å²) in [7, 11) is 4.14. The Morgan fingerprint density at radius 2 is 2.11 bits per heavy atom. The van der Waals surface area contributed by atoms with Crippen LogP contribution >= 0.6 is 12.2 Å². The van der Waals surface area contributed by atoms with Crippen LogP contribution in [0.4, 0.5) is 5.69 Å². The zero-order chi connectivity index (χ0) is 13.7. The average molecular weight is 266 g/mol. The lowest BCUT2D eigenvalue weighted by atomic mass is 10.1. The van der Waals surface area contributed by atoms with Crippen LogP contribution in [0.5, 0.6) is 0 Å². The Labute approximate surface area is 115 Å². The second-order valence-electron chi connectivity index (χ2n) is 4.72. The highest BCUT2D eigenvalue weighted by Gasteiger charge is 2.10. The molecule has 0 aliphatic rings. The van der Waals surface area contributed by atoms with E-state index in [1.54, 1.807) is 0 Å². The number of hydrogen-bond donors (Lipinski definition) is 2. The summed E-state index contributed by atoms with van der Waals surface area (Å²) in [6, 6.07) is 2.00. The predicted octanol–water partition coefficient (Wildman–Crippen LogP) is 1.70. The molecule has 0 spiro atoms. The van der Waals surface area contributed by atoms with E-state index in [4.69, 9.17) is 18.0 Å². The third-order valence-corrected chi connectivity index (χ3v) is 2.88. The Balaban J connectivity index is 2.77. The fourth-order valence-electron chi connectivity index (χ4n) is 1.90. The molecule has 1 heterocycles. The molecule has 5 heteroatoms. The first-order valence-corrected chi connectivity index (χ1v) is 6.49. The summed E-state index contributed by atoms with van der Waals surface area (Å²) in [5.41, 5.74) is 9.48. The Morgan fingerprint density at radius 1 is 1.44 bits per heavy atom. The highest BCUT2D eigenvalue weighted by atomic mass is 32.1. The van der Waals surface area contributed by atoms with Gasteiger partial charge in [-0.2, -0.15) is 0 Å². The van der Waals surface area contributed by atoms with E-state index >= 15 is 0 Å². The van der Waals surface area contributed by atoms with Gasteiger partial charge in [0.2, 0.25) is 0 Å². The largest absolute Gasteiger partial charge is 0.389 e. The molecule has 0 saturated heterocycles. The van der Waals surface area contributed by atoms with Crippen molar-refractivity contribution < 1.29 is 0 Å². The summed E-state index contributed by atoms with van der Waals surface area (Å²) in [5.74, 6) is 0. The van der Waals surface area contributed by atoms with Crippen LogP contribution in [-0.4, -0.2) is 42.1 Å². The molecule has 3 N–H and O–H groups in total. The Kier molecular flexibility index (Phi) is 5.50. The molecule has 0 atom stereocenters. The summed E-state index contributed by atoms with van der Waals surface area (Å²) in [4.78, 5) is 6.96. The number of nitrogens with one attached hydrogen (secondary N) is 1. The summed E-state index contributed by atoms with van der Waals surface area (Å²) >= 11 is 5.09. The SMILES string of the molecule is Cc1cc(NCCCN(C)C)c(C(N)=S)c(C)n1. The fourth-order valence-corrected chi connectivity index (χ4v) is 2.16. The molecule has 0 aliphatic carbocycles. The number of nitrogens with two attached hydrogens (primary N) is 1. The zero-order valence-corrected chi connectivity index (χ0v) is 12.4. The van der Waals surface area contributed by atoms with Crippen molar-refractivity contribution in [2.45, 2.75) is 20.3 Å². The maximum atomic E-state index is 5.76. The van der Waals surface area contributed by atoms with Crippen molar-refractivity contribution in [2.75, 3.05) is 32.5 Å². The van der Waals surface area contributed by atoms with Gasteiger partial charge in [-0.05, 0) is 47.0 Å². The van der Waals surface area contributed by atoms with E-state index in [1.807, 2.05) is 19.9 Å². The van der Waals surface area contributed by atoms with E-state index in [0.717, 1.165) is 42.1 Å². The summed E-state index contributed by atoms with van der Waals surface area (Å²) in [6.45, 7) is 5.86. The van der Waals surface area contributed by atoms with Crippen LogP contribution in [0.15, 0.2) is 6.07 Å². The molecular formula is C13H22N4S. The van der Waals surface area contributed by atoms with E-state index < -0.39 is 0 Å². The smallest absolute Gasteiger partial charge is 0.107 e. The normalized spacial score (nSPS) is 10.7. The van der Waals surface area contributed by atoms with Gasteiger partial charge < -0.3 is 16.0 Å². The number of thiocarbonyl (C=S) groups is 1. The van der Waals surface area contributed by atoms with E-state index in [2.05, 4.69) is 29.3 Å². The topological polar surface area (TPSA) is 54.2 Å². The van der Waals surface area contributed by atoms with E-state index in [1.165, 1.54) is 0 Å². The second kappa shape index (κ2) is 6.66. The van der Waals surface area contributed by atoms with Crippen molar-refractivity contribution in [3.63, 3.8) is 0 Å². The molecular weight excluding hydrogens is 244 g/mol. The lowest BCUT2D eigenvalue weighted by molar-refractivity contribution is 0.405. The van der Waals surface area contributed by atoms with Crippen LogP contribution in [0.3, 0.4) is 0 Å². The molecule has 100 valence electrons. The number of rotatable bonds is 6. The average Bonchev–Trinajstić information content (AvgIpc) is 2.22. The van der Waals surface area contributed by atoms with Crippen LogP contribution in [0, 0.1) is 13.8 Å². The van der Waals surface area contributed by atoms with Crippen molar-refractivity contribution in [1.82, 2.24) is 9.88 Å². The van der Waals surface area contributed by atoms with Crippen molar-refractivity contribution in [1.29, 1.82) is 0 Å². The van der Waals surface area contributed by atoms with Crippen LogP contribution in [-0.2, 0) is 0 Å². The van der Waals surface area contributed by atoms with Gasteiger partial charge in [-0.25, -0.2) is 0 Å². The maximum absolute atomic E-state index is 5.76. The van der Waals surface area contributed by atoms with Crippen molar-refractivity contribution in [3.8, 4) is 0 Å². The van der Waals surface area contributed by atoms with Gasteiger partial charge in [0.15, 0.2) is 0 Å². The molecule has 0 radical (unpaired) electrons. The molecule has 0 aromatic carbocycles. The van der Waals surface area contributed by atoms with Crippen LogP contribution in [0.2, 0.25) is 0 Å². The summed E-state index contributed by atoms with van der Waals surface area (Å²) < 4.78 is 0. The first-order chi connectivity index (χ1) is 8.41. The van der Waals surface area contributed by atoms with Gasteiger partial charge in [0.25, 0.3) is 0 Å². The standard InChI is InChI=1S/C13H22N4S/c1-9-8-11(15-6-5-7-17(3)4)12(13(14)18)10(2)16-9/h8H,5-7H2,1-4H3,(H2,14,18)(H,15,16). The monoisotopic (exact) mass is 266 g/mol. The maximum Gasteiger partial charge on any atom is 0.107 e. The number of aromatic nitrogens is 1. The number of pyridine rings is 1. The molecule has 0 fully saturated rings. The van der Waals surface area contributed by atoms with E-state index in [0.29, 0.717) is 4.99 Å². The molecule has 18 heavy (non-hydrogen) atoms. The Hall–Kier alpha value is -1.20. The van der Waals surface area contributed by atoms with E-state index in [-0.39, 0.29) is 0 Å². The lowest BCUT2D eigenvalue weighted by Gasteiger charge is -2.15. The minimum absolute atomic E-state index is 0.398. The zero-order valence-electron chi connectivity index (χ0n) is 11.6. The number of nitrogens with zero attached hydrogens (tertiary/aromatic N) is 2. The van der Waals surface area contributed by atoms with Crippen LogP contribution in [0.25, 0.3) is 0 Å². The van der Waals surface area contributed by atoms with Gasteiger partial charge in [0, 0.05) is 23.6 Å². The first-order valence-electron chi connectivity index (χ1n) is 6.08. The molecule has 0 saturated carbocycles. The second-order valence-corrected chi connectivity index (χ2v) is 5.16. The molecule has 0 aliphatic heterocycles. The van der Waals surface area contributed by atoms with Gasteiger partial charge in [-0.1, -0.05) is 12.2 Å². The molecule has 1 aromatic rings. The fraction of sp³-hybridized carbons (Fsp3) is 0.538. The minimum Gasteiger partial charge on any atom is -0.389 e. The van der Waals surface area contributed by atoms with Crippen molar-refractivity contribution in [3.05, 3.63) is 23.0 Å². The first kappa shape index (κ1) is 14.9. The lowest BCUT2D eigenvalue weighted by Crippen LogP contribution is -2.19. The number of hydrogen-bond acceptors (Lipinski definition) is 4. The third kappa shape index (κ3) is 4.23. The van der Waals surface area contributed by atoms with Crippen LogP contribution in [0.1, 0.15) is 23.4 Å². The van der Waals surface area contributed by atoms with Gasteiger partial charge in [0.1, 0.15) is 4.99 Å². The molecule has 1 aromatic heterocycles. The van der Waals surface area contributed by atoms with Crippen LogP contribution < -0.4 is 11.1 Å². The third-order valence-electron chi connectivity index (χ3n) is 2.67. The van der Waals surface area contributed by atoms with Crippen molar-refractivity contribution in [2.24, 2.45) is 5.73 Å². The molecule has 1 rings (SSSR count). The summed E-state index contributed by atoms with van der Waals surface area (Å²) in [6.07, 6.45) is 1.07. The summed E-state index contributed by atoms with van der Waals surface area (Å²) in [5, 5.41) is 3.40. The van der Waals surface area contributed by atoms with Gasteiger partial charge >= 0.3 is 0 Å². The minimum atomic E-state index is 0.398. The molecule has 0 amide bonds. The van der Waals surface area contributed by atoms with E-state index in [9.17, 15) is 0 Å².